The van der Waals surface area contributed by atoms with Gasteiger partial charge in [0, 0.05) is 13.1 Å². The molecule has 1 aliphatic rings. The van der Waals surface area contributed by atoms with E-state index in [0.717, 1.165) is 37.5 Å². The van der Waals surface area contributed by atoms with E-state index >= 15 is 0 Å². The molecule has 2 heterocycles. The lowest BCUT2D eigenvalue weighted by Gasteiger charge is -2.17. The lowest BCUT2D eigenvalue weighted by Crippen LogP contribution is -2.32. The molecule has 0 atom stereocenters. The number of carbonyl (C=O) groups excluding carboxylic acids is 1. The molecule has 0 amide bonds. The van der Waals surface area contributed by atoms with Gasteiger partial charge in [-0.3, -0.25) is 9.69 Å². The third-order valence-corrected chi connectivity index (χ3v) is 3.92. The summed E-state index contributed by atoms with van der Waals surface area (Å²) in [5, 5.41) is 3.32. The number of rotatable bonds is 3. The first kappa shape index (κ1) is 12.0. The first-order valence-electron chi connectivity index (χ1n) is 5.47. The fraction of sp³-hybridized carbons (Fsp3) is 0.545. The van der Waals surface area contributed by atoms with E-state index in [9.17, 15) is 4.79 Å². The number of nitrogens with one attached hydrogen (secondary N) is 1. The predicted octanol–water partition coefficient (Wildman–Crippen LogP) is 1.88. The molecule has 88 valence electrons. The van der Waals surface area contributed by atoms with Gasteiger partial charge in [-0.2, -0.15) is 0 Å². The Morgan fingerprint density at radius 2 is 2.31 bits per heavy atom. The lowest BCUT2D eigenvalue weighted by molar-refractivity contribution is 0.0939. The van der Waals surface area contributed by atoms with Gasteiger partial charge in [0.1, 0.15) is 0 Å². The molecule has 0 unspecified atom stereocenters. The van der Waals surface area contributed by atoms with Crippen LogP contribution in [0.2, 0.25) is 4.34 Å². The smallest absolute Gasteiger partial charge is 0.186 e. The standard InChI is InChI=1S/C11H15ClN2OS/c12-11-3-2-10(16-11)9(15)8-14-6-1-4-13-5-7-14/h2-3,13H,1,4-8H2. The quantitative estimate of drug-likeness (QED) is 0.841. The van der Waals surface area contributed by atoms with Crippen molar-refractivity contribution in [1.29, 1.82) is 0 Å². The summed E-state index contributed by atoms with van der Waals surface area (Å²) in [5.41, 5.74) is 0. The van der Waals surface area contributed by atoms with E-state index in [4.69, 9.17) is 11.6 Å². The van der Waals surface area contributed by atoms with Crippen molar-refractivity contribution < 1.29 is 4.79 Å². The van der Waals surface area contributed by atoms with Gasteiger partial charge >= 0.3 is 0 Å². The molecule has 0 aliphatic carbocycles. The van der Waals surface area contributed by atoms with Gasteiger partial charge in [0.05, 0.1) is 15.8 Å². The van der Waals surface area contributed by atoms with Gasteiger partial charge in [0.25, 0.3) is 0 Å². The Bertz CT molecular complexity index is 359. The molecule has 0 spiro atoms. The molecule has 1 aromatic rings. The number of thiophene rings is 1. The van der Waals surface area contributed by atoms with Crippen LogP contribution in [0.25, 0.3) is 0 Å². The second-order valence-electron chi connectivity index (χ2n) is 3.91. The zero-order chi connectivity index (χ0) is 11.4. The molecule has 5 heteroatoms. The highest BCUT2D eigenvalue weighted by molar-refractivity contribution is 7.18. The zero-order valence-corrected chi connectivity index (χ0v) is 10.6. The van der Waals surface area contributed by atoms with Crippen LogP contribution >= 0.6 is 22.9 Å². The number of ketones is 1. The van der Waals surface area contributed by atoms with E-state index in [1.807, 2.05) is 6.07 Å². The van der Waals surface area contributed by atoms with Crippen molar-refractivity contribution in [2.45, 2.75) is 6.42 Å². The van der Waals surface area contributed by atoms with Crippen LogP contribution in [-0.2, 0) is 0 Å². The minimum atomic E-state index is 0.179. The van der Waals surface area contributed by atoms with E-state index in [0.29, 0.717) is 10.9 Å². The number of carbonyl (C=O) groups is 1. The number of Topliss-reactive ketones (excluding diaryl/α,β-unsaturated/α-hetero) is 1. The molecule has 0 radical (unpaired) electrons. The first-order chi connectivity index (χ1) is 7.75. The Morgan fingerprint density at radius 3 is 3.06 bits per heavy atom. The highest BCUT2D eigenvalue weighted by atomic mass is 35.5. The summed E-state index contributed by atoms with van der Waals surface area (Å²) in [5.74, 6) is 0.179. The van der Waals surface area contributed by atoms with Gasteiger partial charge in [0.15, 0.2) is 5.78 Å². The third kappa shape index (κ3) is 3.28. The van der Waals surface area contributed by atoms with Crippen LogP contribution in [0.5, 0.6) is 0 Å². The summed E-state index contributed by atoms with van der Waals surface area (Å²) in [6, 6.07) is 3.59. The average Bonchev–Trinajstić information content (AvgIpc) is 2.54. The van der Waals surface area contributed by atoms with Gasteiger partial charge in [-0.05, 0) is 31.6 Å². The van der Waals surface area contributed by atoms with Crippen molar-refractivity contribution >= 4 is 28.7 Å². The number of hydrogen-bond acceptors (Lipinski definition) is 4. The first-order valence-corrected chi connectivity index (χ1v) is 6.67. The van der Waals surface area contributed by atoms with Crippen molar-refractivity contribution in [2.75, 3.05) is 32.7 Å². The lowest BCUT2D eigenvalue weighted by atomic mass is 10.3. The van der Waals surface area contributed by atoms with Crippen molar-refractivity contribution in [1.82, 2.24) is 10.2 Å². The van der Waals surface area contributed by atoms with Gasteiger partial charge in [0.2, 0.25) is 0 Å². The normalized spacial score (nSPS) is 18.3. The molecular weight excluding hydrogens is 244 g/mol. The summed E-state index contributed by atoms with van der Waals surface area (Å²) in [6.45, 7) is 4.48. The van der Waals surface area contributed by atoms with Crippen LogP contribution in [0.15, 0.2) is 12.1 Å². The highest BCUT2D eigenvalue weighted by Crippen LogP contribution is 2.21. The maximum Gasteiger partial charge on any atom is 0.186 e. The summed E-state index contributed by atoms with van der Waals surface area (Å²) < 4.78 is 0.681. The number of hydrogen-bond donors (Lipinski definition) is 1. The zero-order valence-electron chi connectivity index (χ0n) is 9.04. The van der Waals surface area contributed by atoms with Crippen LogP contribution in [0, 0.1) is 0 Å². The van der Waals surface area contributed by atoms with Gasteiger partial charge < -0.3 is 5.32 Å². The van der Waals surface area contributed by atoms with Crippen LogP contribution in [-0.4, -0.2) is 43.4 Å². The Morgan fingerprint density at radius 1 is 1.44 bits per heavy atom. The topological polar surface area (TPSA) is 32.3 Å². The third-order valence-electron chi connectivity index (χ3n) is 2.65. The van der Waals surface area contributed by atoms with Gasteiger partial charge in [-0.1, -0.05) is 11.6 Å². The van der Waals surface area contributed by atoms with E-state index in [1.54, 1.807) is 6.07 Å². The maximum atomic E-state index is 11.9. The Balaban J connectivity index is 1.90. The monoisotopic (exact) mass is 258 g/mol. The van der Waals surface area contributed by atoms with Crippen molar-refractivity contribution in [3.05, 3.63) is 21.3 Å². The predicted molar refractivity (Wildman–Crippen MR) is 67.6 cm³/mol. The average molecular weight is 259 g/mol. The van der Waals surface area contributed by atoms with E-state index in [-0.39, 0.29) is 5.78 Å². The molecular formula is C11H15ClN2OS. The fourth-order valence-electron chi connectivity index (χ4n) is 1.80. The van der Waals surface area contributed by atoms with Crippen molar-refractivity contribution in [3.8, 4) is 0 Å². The van der Waals surface area contributed by atoms with Gasteiger partial charge in [-0.25, -0.2) is 0 Å². The molecule has 1 aliphatic heterocycles. The number of nitrogens with zero attached hydrogens (tertiary/aromatic N) is 1. The van der Waals surface area contributed by atoms with E-state index in [1.165, 1.54) is 11.3 Å². The van der Waals surface area contributed by atoms with Crippen LogP contribution in [0.1, 0.15) is 16.1 Å². The fourth-order valence-corrected chi connectivity index (χ4v) is 2.78. The Labute approximate surface area is 104 Å². The Kier molecular flexibility index (Phi) is 4.35. The minimum absolute atomic E-state index is 0.179. The second kappa shape index (κ2) is 5.77. The summed E-state index contributed by atoms with van der Waals surface area (Å²) in [6.07, 6.45) is 1.11. The van der Waals surface area contributed by atoms with Crippen molar-refractivity contribution in [3.63, 3.8) is 0 Å². The molecule has 2 rings (SSSR count). The molecule has 16 heavy (non-hydrogen) atoms. The maximum absolute atomic E-state index is 11.9. The van der Waals surface area contributed by atoms with Crippen molar-refractivity contribution in [2.24, 2.45) is 0 Å². The molecule has 0 saturated carbocycles. The molecule has 1 fully saturated rings. The molecule has 1 N–H and O–H groups in total. The molecule has 1 saturated heterocycles. The largest absolute Gasteiger partial charge is 0.315 e. The number of halogens is 1. The highest BCUT2D eigenvalue weighted by Gasteiger charge is 2.15. The van der Waals surface area contributed by atoms with Crippen LogP contribution in [0.4, 0.5) is 0 Å². The second-order valence-corrected chi connectivity index (χ2v) is 5.62. The molecule has 3 nitrogen and oxygen atoms in total. The summed E-state index contributed by atoms with van der Waals surface area (Å²) in [7, 11) is 0. The SMILES string of the molecule is O=C(CN1CCCNCC1)c1ccc(Cl)s1. The summed E-state index contributed by atoms with van der Waals surface area (Å²) in [4.78, 5) is 14.9. The molecule has 0 aromatic carbocycles. The minimum Gasteiger partial charge on any atom is -0.315 e. The van der Waals surface area contributed by atoms with Gasteiger partial charge in [-0.15, -0.1) is 11.3 Å². The molecule has 1 aromatic heterocycles. The van der Waals surface area contributed by atoms with E-state index in [2.05, 4.69) is 10.2 Å². The van der Waals surface area contributed by atoms with Crippen LogP contribution < -0.4 is 5.32 Å². The van der Waals surface area contributed by atoms with E-state index < -0.39 is 0 Å². The Hall–Kier alpha value is -0.420. The molecule has 0 bridgehead atoms. The summed E-state index contributed by atoms with van der Waals surface area (Å²) >= 11 is 7.18. The van der Waals surface area contributed by atoms with Crippen LogP contribution in [0.3, 0.4) is 0 Å².